The number of nitrogens with one attached hydrogen (secondary N) is 1. The Labute approximate surface area is 116 Å². The van der Waals surface area contributed by atoms with E-state index in [2.05, 4.69) is 31.3 Å². The highest BCUT2D eigenvalue weighted by atomic mass is 16.5. The fourth-order valence-corrected chi connectivity index (χ4v) is 2.00. The van der Waals surface area contributed by atoms with Gasteiger partial charge in [0, 0.05) is 18.5 Å². The van der Waals surface area contributed by atoms with Crippen LogP contribution in [-0.2, 0) is 6.42 Å². The summed E-state index contributed by atoms with van der Waals surface area (Å²) in [5, 5.41) is 3.53. The molecule has 1 aliphatic rings. The Morgan fingerprint density at radius 3 is 2.74 bits per heavy atom. The number of benzene rings is 1. The fourth-order valence-electron chi connectivity index (χ4n) is 2.00. The van der Waals surface area contributed by atoms with Gasteiger partial charge in [0.15, 0.2) is 11.5 Å². The molecule has 0 spiro atoms. The summed E-state index contributed by atoms with van der Waals surface area (Å²) in [7, 11) is 1.69. The van der Waals surface area contributed by atoms with Crippen LogP contribution in [0, 0.1) is 5.92 Å². The molecule has 0 heterocycles. The molecule has 1 aliphatic carbocycles. The van der Waals surface area contributed by atoms with E-state index in [1.54, 1.807) is 7.11 Å². The quantitative estimate of drug-likeness (QED) is 0.782. The molecule has 106 valence electrons. The van der Waals surface area contributed by atoms with Crippen LogP contribution in [0.2, 0.25) is 0 Å². The zero-order valence-corrected chi connectivity index (χ0v) is 12.2. The number of methoxy groups -OCH3 is 1. The Morgan fingerprint density at radius 2 is 2.11 bits per heavy atom. The van der Waals surface area contributed by atoms with E-state index in [0.29, 0.717) is 5.92 Å². The van der Waals surface area contributed by atoms with Gasteiger partial charge in [-0.3, -0.25) is 0 Å². The van der Waals surface area contributed by atoms with Gasteiger partial charge in [-0.2, -0.15) is 0 Å². The van der Waals surface area contributed by atoms with Crippen molar-refractivity contribution >= 4 is 0 Å². The van der Waals surface area contributed by atoms with E-state index in [1.807, 2.05) is 6.07 Å². The summed E-state index contributed by atoms with van der Waals surface area (Å²) >= 11 is 0. The molecule has 3 nitrogen and oxygen atoms in total. The van der Waals surface area contributed by atoms with Gasteiger partial charge in [-0.15, -0.1) is 0 Å². The molecule has 0 radical (unpaired) electrons. The molecule has 0 saturated heterocycles. The van der Waals surface area contributed by atoms with Crippen LogP contribution in [0.15, 0.2) is 18.2 Å². The molecule has 1 aromatic carbocycles. The van der Waals surface area contributed by atoms with Gasteiger partial charge >= 0.3 is 0 Å². The first kappa shape index (κ1) is 14.2. The lowest BCUT2D eigenvalue weighted by atomic mass is 10.1. The van der Waals surface area contributed by atoms with E-state index in [9.17, 15) is 0 Å². The van der Waals surface area contributed by atoms with Gasteiger partial charge in [-0.05, 0) is 37.0 Å². The second kappa shape index (κ2) is 6.80. The van der Waals surface area contributed by atoms with Crippen molar-refractivity contribution in [3.8, 4) is 11.5 Å². The fraction of sp³-hybridized carbons (Fsp3) is 0.625. The average molecular weight is 263 g/mol. The molecular weight excluding hydrogens is 238 g/mol. The molecule has 3 heteroatoms. The van der Waals surface area contributed by atoms with Crippen molar-refractivity contribution in [1.29, 1.82) is 0 Å². The molecule has 0 bridgehead atoms. The molecule has 0 aromatic heterocycles. The Hall–Kier alpha value is -1.22. The van der Waals surface area contributed by atoms with Crippen LogP contribution in [-0.4, -0.2) is 26.3 Å². The molecule has 1 saturated carbocycles. The van der Waals surface area contributed by atoms with E-state index in [-0.39, 0.29) is 0 Å². The average Bonchev–Trinajstić information content (AvgIpc) is 3.26. The Balaban J connectivity index is 1.83. The summed E-state index contributed by atoms with van der Waals surface area (Å²) in [5.41, 5.74) is 1.27. The smallest absolute Gasteiger partial charge is 0.161 e. The summed E-state index contributed by atoms with van der Waals surface area (Å²) in [6.45, 7) is 6.10. The molecule has 0 amide bonds. The first-order chi connectivity index (χ1) is 9.22. The molecule has 1 N–H and O–H groups in total. The van der Waals surface area contributed by atoms with Gasteiger partial charge < -0.3 is 14.8 Å². The summed E-state index contributed by atoms with van der Waals surface area (Å²) in [4.78, 5) is 0. The van der Waals surface area contributed by atoms with Crippen molar-refractivity contribution in [2.45, 2.75) is 39.2 Å². The maximum atomic E-state index is 5.88. The Kier molecular flexibility index (Phi) is 5.08. The zero-order chi connectivity index (χ0) is 13.7. The molecule has 1 unspecified atom stereocenters. The molecule has 2 rings (SSSR count). The highest BCUT2D eigenvalue weighted by molar-refractivity contribution is 5.42. The molecular formula is C16H25NO2. The van der Waals surface area contributed by atoms with Crippen LogP contribution < -0.4 is 14.8 Å². The summed E-state index contributed by atoms with van der Waals surface area (Å²) in [6.07, 6.45) is 3.68. The van der Waals surface area contributed by atoms with Gasteiger partial charge in [0.1, 0.15) is 0 Å². The summed E-state index contributed by atoms with van der Waals surface area (Å²) < 4.78 is 11.3. The first-order valence-corrected chi connectivity index (χ1v) is 7.26. The van der Waals surface area contributed by atoms with E-state index >= 15 is 0 Å². The van der Waals surface area contributed by atoms with Crippen LogP contribution in [0.25, 0.3) is 0 Å². The Morgan fingerprint density at radius 1 is 1.32 bits per heavy atom. The minimum absolute atomic E-state index is 0.510. The van der Waals surface area contributed by atoms with Crippen molar-refractivity contribution in [3.63, 3.8) is 0 Å². The van der Waals surface area contributed by atoms with Crippen molar-refractivity contribution in [2.75, 3.05) is 20.3 Å². The lowest BCUT2D eigenvalue weighted by Gasteiger charge is -2.16. The second-order valence-electron chi connectivity index (χ2n) is 5.44. The molecule has 1 aromatic rings. The van der Waals surface area contributed by atoms with E-state index in [1.165, 1.54) is 18.4 Å². The van der Waals surface area contributed by atoms with E-state index in [0.717, 1.165) is 37.1 Å². The summed E-state index contributed by atoms with van der Waals surface area (Å²) in [5.74, 6) is 2.19. The van der Waals surface area contributed by atoms with Crippen LogP contribution in [0.5, 0.6) is 11.5 Å². The topological polar surface area (TPSA) is 30.5 Å². The van der Waals surface area contributed by atoms with Crippen molar-refractivity contribution < 1.29 is 9.47 Å². The predicted molar refractivity (Wildman–Crippen MR) is 78.1 cm³/mol. The lowest BCUT2D eigenvalue weighted by molar-refractivity contribution is 0.243. The second-order valence-corrected chi connectivity index (χ2v) is 5.44. The zero-order valence-electron chi connectivity index (χ0n) is 12.2. The monoisotopic (exact) mass is 263 g/mol. The van der Waals surface area contributed by atoms with Crippen molar-refractivity contribution in [2.24, 2.45) is 5.92 Å². The van der Waals surface area contributed by atoms with Gasteiger partial charge in [-0.25, -0.2) is 0 Å². The Bertz CT molecular complexity index is 402. The number of aryl methyl sites for hydroxylation is 1. The van der Waals surface area contributed by atoms with Crippen LogP contribution in [0.3, 0.4) is 0 Å². The van der Waals surface area contributed by atoms with Gasteiger partial charge in [0.25, 0.3) is 0 Å². The number of rotatable bonds is 8. The highest BCUT2D eigenvalue weighted by Crippen LogP contribution is 2.28. The third-order valence-electron chi connectivity index (χ3n) is 3.49. The number of hydrogen-bond donors (Lipinski definition) is 1. The van der Waals surface area contributed by atoms with E-state index < -0.39 is 0 Å². The molecule has 1 atom stereocenters. The van der Waals surface area contributed by atoms with Crippen LogP contribution >= 0.6 is 0 Å². The minimum atomic E-state index is 0.510. The normalized spacial score (nSPS) is 16.2. The first-order valence-electron chi connectivity index (χ1n) is 7.26. The van der Waals surface area contributed by atoms with E-state index in [4.69, 9.17) is 9.47 Å². The van der Waals surface area contributed by atoms with Gasteiger partial charge in [0.05, 0.1) is 13.7 Å². The molecule has 1 fully saturated rings. The van der Waals surface area contributed by atoms with Crippen molar-refractivity contribution in [1.82, 2.24) is 5.32 Å². The maximum absolute atomic E-state index is 5.88. The van der Waals surface area contributed by atoms with Crippen molar-refractivity contribution in [3.05, 3.63) is 23.8 Å². The molecule has 19 heavy (non-hydrogen) atoms. The van der Waals surface area contributed by atoms with Crippen LogP contribution in [0.4, 0.5) is 0 Å². The lowest BCUT2D eigenvalue weighted by Crippen LogP contribution is -2.26. The summed E-state index contributed by atoms with van der Waals surface area (Å²) in [6, 6.07) is 6.94. The third kappa shape index (κ3) is 4.43. The number of hydrogen-bond acceptors (Lipinski definition) is 3. The highest BCUT2D eigenvalue weighted by Gasteiger charge is 2.21. The van der Waals surface area contributed by atoms with Gasteiger partial charge in [0.2, 0.25) is 0 Å². The van der Waals surface area contributed by atoms with Gasteiger partial charge in [-0.1, -0.05) is 19.9 Å². The molecule has 0 aliphatic heterocycles. The predicted octanol–water partition coefficient (Wildman–Crippen LogP) is 3.02. The minimum Gasteiger partial charge on any atom is -0.493 e. The third-order valence-corrected chi connectivity index (χ3v) is 3.49. The van der Waals surface area contributed by atoms with Crippen LogP contribution in [0.1, 0.15) is 32.3 Å². The standard InChI is InChI=1S/C16H25NO2/c1-4-13-5-8-15(16(9-13)18-3)19-11-12(2)10-17-14-6-7-14/h5,8-9,12,14,17H,4,6-7,10-11H2,1-3H3. The SMILES string of the molecule is CCc1ccc(OCC(C)CNC2CC2)c(OC)c1. The maximum Gasteiger partial charge on any atom is 0.161 e. The largest absolute Gasteiger partial charge is 0.493 e. The number of ether oxygens (including phenoxy) is 2.